The minimum atomic E-state index is -1.03. The molecule has 2 rings (SSSR count). The Kier molecular flexibility index (Phi) is 19.1. The van der Waals surface area contributed by atoms with Crippen LogP contribution in [0.4, 0.5) is 0 Å². The zero-order chi connectivity index (χ0) is 37.7. The van der Waals surface area contributed by atoms with Crippen molar-refractivity contribution in [2.45, 2.75) is 161 Å². The minimum Gasteiger partial charge on any atom is -0.393 e. The molecule has 1 saturated heterocycles. The highest BCUT2D eigenvalue weighted by Gasteiger charge is 2.43. The van der Waals surface area contributed by atoms with Crippen LogP contribution in [-0.4, -0.2) is 122 Å². The Bertz CT molecular complexity index is 1050. The van der Waals surface area contributed by atoms with Crippen molar-refractivity contribution in [3.05, 3.63) is 0 Å². The number of likely N-dealkylation sites (N-methyl/N-ethyl adjacent to an activating group) is 2. The van der Waals surface area contributed by atoms with E-state index < -0.39 is 24.2 Å². The summed E-state index contributed by atoms with van der Waals surface area (Å²) < 4.78 is 12.0. The second-order valence-corrected chi connectivity index (χ2v) is 16.1. The number of carbonyl (C=O) groups excluding carboxylic acids is 4. The van der Waals surface area contributed by atoms with Gasteiger partial charge in [-0.05, 0) is 58.0 Å². The van der Waals surface area contributed by atoms with Gasteiger partial charge in [-0.3, -0.25) is 24.1 Å². The van der Waals surface area contributed by atoms with E-state index in [0.29, 0.717) is 13.0 Å². The molecule has 9 atom stereocenters. The number of ketones is 2. The fourth-order valence-electron chi connectivity index (χ4n) is 8.93. The molecular formula is C40H73N3O7. The predicted octanol–water partition coefficient (Wildman–Crippen LogP) is 5.77. The molecule has 0 aromatic carbocycles. The van der Waals surface area contributed by atoms with Crippen LogP contribution in [-0.2, 0) is 28.7 Å². The molecule has 1 heterocycles. The molecule has 1 N–H and O–H groups in total. The largest absolute Gasteiger partial charge is 0.393 e. The van der Waals surface area contributed by atoms with Crippen molar-refractivity contribution in [2.24, 2.45) is 29.6 Å². The highest BCUT2D eigenvalue weighted by molar-refractivity contribution is 5.90. The van der Waals surface area contributed by atoms with Crippen molar-refractivity contribution >= 4 is 23.4 Å². The summed E-state index contributed by atoms with van der Waals surface area (Å²) in [6, 6.07) is -1.04. The maximum atomic E-state index is 14.1. The van der Waals surface area contributed by atoms with Gasteiger partial charge >= 0.3 is 0 Å². The average Bonchev–Trinajstić information content (AvgIpc) is 3.56. The summed E-state index contributed by atoms with van der Waals surface area (Å²) >= 11 is 0. The number of carbonyl (C=O) groups is 4. The quantitative estimate of drug-likeness (QED) is 0.151. The Balaban J connectivity index is 2.19. The lowest BCUT2D eigenvalue weighted by atomic mass is 9.84. The number of methoxy groups -OCH3 is 2. The fraction of sp³-hybridized carbons (Fsp3) is 0.900. The summed E-state index contributed by atoms with van der Waals surface area (Å²) in [5, 5.41) is 10.8. The van der Waals surface area contributed by atoms with E-state index in [4.69, 9.17) is 9.47 Å². The van der Waals surface area contributed by atoms with Crippen LogP contribution in [0.25, 0.3) is 0 Å². The molecule has 0 spiro atoms. The number of likely N-dealkylation sites (tertiary alicyclic amines) is 1. The van der Waals surface area contributed by atoms with E-state index in [0.717, 1.165) is 38.0 Å². The zero-order valence-corrected chi connectivity index (χ0v) is 33.5. The lowest BCUT2D eigenvalue weighted by Gasteiger charge is -2.40. The number of Topliss-reactive ketones (excluding diaryl/α,β-unsaturated/α-hetero) is 2. The Morgan fingerprint density at radius 1 is 0.860 bits per heavy atom. The summed E-state index contributed by atoms with van der Waals surface area (Å²) in [5.74, 6) is -0.750. The highest BCUT2D eigenvalue weighted by Crippen LogP contribution is 2.32. The van der Waals surface area contributed by atoms with Gasteiger partial charge in [0.05, 0.1) is 48.8 Å². The second kappa shape index (κ2) is 21.6. The molecule has 290 valence electrons. The van der Waals surface area contributed by atoms with Gasteiger partial charge in [0.2, 0.25) is 11.8 Å². The van der Waals surface area contributed by atoms with Crippen LogP contribution in [0.15, 0.2) is 0 Å². The van der Waals surface area contributed by atoms with E-state index in [1.165, 1.54) is 32.1 Å². The predicted molar refractivity (Wildman–Crippen MR) is 199 cm³/mol. The molecule has 1 aliphatic heterocycles. The van der Waals surface area contributed by atoms with Gasteiger partial charge in [-0.25, -0.2) is 0 Å². The van der Waals surface area contributed by atoms with Gasteiger partial charge in [0, 0.05) is 46.6 Å². The van der Waals surface area contributed by atoms with E-state index in [1.54, 1.807) is 33.1 Å². The summed E-state index contributed by atoms with van der Waals surface area (Å²) in [5.41, 5.74) is 0. The van der Waals surface area contributed by atoms with Crippen LogP contribution in [0.2, 0.25) is 0 Å². The van der Waals surface area contributed by atoms with Crippen LogP contribution >= 0.6 is 0 Å². The molecule has 0 aromatic heterocycles. The topological polar surface area (TPSA) is 117 Å². The van der Waals surface area contributed by atoms with Gasteiger partial charge in [-0.2, -0.15) is 0 Å². The van der Waals surface area contributed by atoms with Gasteiger partial charge in [-0.1, -0.05) is 79.6 Å². The third kappa shape index (κ3) is 12.1. The second-order valence-electron chi connectivity index (χ2n) is 16.1. The van der Waals surface area contributed by atoms with Gasteiger partial charge in [0.25, 0.3) is 0 Å². The van der Waals surface area contributed by atoms with E-state index in [1.807, 2.05) is 58.5 Å². The summed E-state index contributed by atoms with van der Waals surface area (Å²) in [7, 11) is 8.61. The maximum Gasteiger partial charge on any atom is 0.228 e. The number of aliphatic hydroxyl groups is 1. The summed E-state index contributed by atoms with van der Waals surface area (Å²) in [6.07, 6.45) is 9.38. The molecule has 10 heteroatoms. The van der Waals surface area contributed by atoms with Gasteiger partial charge < -0.3 is 24.4 Å². The average molecular weight is 708 g/mol. The summed E-state index contributed by atoms with van der Waals surface area (Å²) in [6.45, 7) is 12.1. The molecule has 1 saturated carbocycles. The Labute approximate surface area is 304 Å². The Morgan fingerprint density at radius 2 is 1.50 bits per heavy atom. The number of hydrogen-bond donors (Lipinski definition) is 1. The number of amides is 2. The molecule has 1 aliphatic carbocycles. The number of rotatable bonds is 22. The van der Waals surface area contributed by atoms with Crippen LogP contribution in [0.5, 0.6) is 0 Å². The lowest BCUT2D eigenvalue weighted by Crippen LogP contribution is -2.54. The molecule has 0 radical (unpaired) electrons. The lowest BCUT2D eigenvalue weighted by molar-refractivity contribution is -0.150. The Hall–Kier alpha value is -1.88. The fourth-order valence-corrected chi connectivity index (χ4v) is 8.93. The summed E-state index contributed by atoms with van der Waals surface area (Å²) in [4.78, 5) is 60.3. The first-order valence-electron chi connectivity index (χ1n) is 19.6. The van der Waals surface area contributed by atoms with E-state index >= 15 is 0 Å². The molecule has 0 aromatic rings. The minimum absolute atomic E-state index is 0.0235. The molecule has 0 bridgehead atoms. The van der Waals surface area contributed by atoms with E-state index in [2.05, 4.69) is 0 Å². The molecule has 2 aliphatic rings. The molecule has 2 amide bonds. The van der Waals surface area contributed by atoms with Crippen molar-refractivity contribution in [3.63, 3.8) is 0 Å². The monoisotopic (exact) mass is 708 g/mol. The molecule has 50 heavy (non-hydrogen) atoms. The zero-order valence-electron chi connectivity index (χ0n) is 33.5. The third-order valence-electron chi connectivity index (χ3n) is 12.0. The number of ether oxygens (including phenoxy) is 2. The van der Waals surface area contributed by atoms with Crippen LogP contribution in [0, 0.1) is 29.6 Å². The van der Waals surface area contributed by atoms with Crippen molar-refractivity contribution in [3.8, 4) is 0 Å². The Morgan fingerprint density at radius 3 is 2.02 bits per heavy atom. The highest BCUT2D eigenvalue weighted by atomic mass is 16.5. The van der Waals surface area contributed by atoms with Crippen molar-refractivity contribution in [1.29, 1.82) is 0 Å². The SMILES string of the molecule is CC[C@H](C)[C@@H]([C@@H](CC(=O)N1CCC[C@H]1[C@H](OC)[C@@H](C)C(=O)CCCC1CCCCC1)OC)N(C)C(=O)[C@@H](CC(=O)[C@H](C(C)C)N(C)C)[C@@H](C)O. The first-order chi connectivity index (χ1) is 23.6. The number of aliphatic hydroxyl groups excluding tert-OH is 1. The van der Waals surface area contributed by atoms with Crippen LogP contribution in [0.1, 0.15) is 125 Å². The van der Waals surface area contributed by atoms with Crippen molar-refractivity contribution in [2.75, 3.05) is 41.9 Å². The first-order valence-corrected chi connectivity index (χ1v) is 19.6. The molecular weight excluding hydrogens is 634 g/mol. The standard InChI is InChI=1S/C40H73N3O7/c1-12-27(4)38(42(9)40(48)31(29(6)44)24-34(46)37(26(2)3)41(7)8)35(49-10)25-36(47)43-23-17-21-32(43)39(50-11)28(5)33(45)22-16-20-30-18-14-13-15-19-30/h26-32,35,37-39,44H,12-25H2,1-11H3/t27-,28-,29+,31-,32-,35+,37-,38-,39+/m0/s1. The van der Waals surface area contributed by atoms with Gasteiger partial charge in [0.15, 0.2) is 5.78 Å². The van der Waals surface area contributed by atoms with Crippen LogP contribution < -0.4 is 0 Å². The normalized spacial score (nSPS) is 22.1. The van der Waals surface area contributed by atoms with E-state index in [9.17, 15) is 24.3 Å². The van der Waals surface area contributed by atoms with Crippen molar-refractivity contribution in [1.82, 2.24) is 14.7 Å². The van der Waals surface area contributed by atoms with Gasteiger partial charge in [-0.15, -0.1) is 0 Å². The maximum absolute atomic E-state index is 14.1. The first kappa shape index (κ1) is 44.3. The van der Waals surface area contributed by atoms with E-state index in [-0.39, 0.29) is 72.2 Å². The van der Waals surface area contributed by atoms with Crippen LogP contribution in [0.3, 0.4) is 0 Å². The molecule has 0 unspecified atom stereocenters. The smallest absolute Gasteiger partial charge is 0.228 e. The molecule has 2 fully saturated rings. The number of hydrogen-bond acceptors (Lipinski definition) is 8. The van der Waals surface area contributed by atoms with Gasteiger partial charge in [0.1, 0.15) is 5.78 Å². The third-order valence-corrected chi connectivity index (χ3v) is 12.0. The van der Waals surface area contributed by atoms with Crippen molar-refractivity contribution < 1.29 is 33.8 Å². The molecule has 10 nitrogen and oxygen atoms in total. The number of nitrogens with zero attached hydrogens (tertiary/aromatic N) is 3.